The van der Waals surface area contributed by atoms with Gasteiger partial charge in [-0.3, -0.25) is 9.59 Å². The van der Waals surface area contributed by atoms with Gasteiger partial charge in [-0.05, 0) is 18.1 Å². The van der Waals surface area contributed by atoms with E-state index in [2.05, 4.69) is 31.8 Å². The number of carbonyl (C=O) groups excluding carboxylic acids is 2. The number of hydrogen-bond acceptors (Lipinski definition) is 3. The smallest absolute Gasteiger partial charge is 0.329 e. The minimum absolute atomic E-state index is 0.393. The molecule has 0 spiro atoms. The van der Waals surface area contributed by atoms with Crippen LogP contribution in [-0.2, 0) is 16.0 Å². The number of carbonyl (C=O) groups is 2. The monoisotopic (exact) mass is 373 g/mol. The molecule has 5 nitrogen and oxygen atoms in total. The molecule has 118 valence electrons. The van der Waals surface area contributed by atoms with Gasteiger partial charge in [0.05, 0.1) is 6.21 Å². The van der Waals surface area contributed by atoms with Crippen LogP contribution < -0.4 is 10.7 Å². The van der Waals surface area contributed by atoms with E-state index in [4.69, 9.17) is 0 Å². The van der Waals surface area contributed by atoms with Gasteiger partial charge in [-0.15, -0.1) is 0 Å². The summed E-state index contributed by atoms with van der Waals surface area (Å²) in [4.78, 5) is 23.2. The molecule has 0 aromatic heterocycles. The number of rotatable bonds is 5. The molecular formula is C17H16BrN3O2. The molecule has 0 unspecified atom stereocenters. The molecule has 0 aliphatic carbocycles. The van der Waals surface area contributed by atoms with Crippen molar-refractivity contribution in [3.63, 3.8) is 0 Å². The van der Waals surface area contributed by atoms with Crippen LogP contribution in [0.4, 0.5) is 0 Å². The van der Waals surface area contributed by atoms with Gasteiger partial charge >= 0.3 is 11.8 Å². The summed E-state index contributed by atoms with van der Waals surface area (Å²) in [5.74, 6) is -1.49. The van der Waals surface area contributed by atoms with Crippen LogP contribution in [0.3, 0.4) is 0 Å². The van der Waals surface area contributed by atoms with Crippen LogP contribution in [0, 0.1) is 0 Å². The summed E-state index contributed by atoms with van der Waals surface area (Å²) in [7, 11) is 0. The van der Waals surface area contributed by atoms with Gasteiger partial charge in [-0.2, -0.15) is 5.10 Å². The molecule has 2 aromatic carbocycles. The van der Waals surface area contributed by atoms with Crippen LogP contribution in [0.1, 0.15) is 11.1 Å². The molecule has 0 saturated heterocycles. The molecule has 2 amide bonds. The van der Waals surface area contributed by atoms with E-state index in [1.807, 2.05) is 54.6 Å². The summed E-state index contributed by atoms with van der Waals surface area (Å²) in [6, 6.07) is 17.1. The zero-order valence-corrected chi connectivity index (χ0v) is 13.9. The molecule has 0 saturated carbocycles. The minimum Gasteiger partial charge on any atom is -0.347 e. The van der Waals surface area contributed by atoms with Crippen molar-refractivity contribution in [2.45, 2.75) is 6.42 Å². The Balaban J connectivity index is 1.75. The lowest BCUT2D eigenvalue weighted by atomic mass is 10.1. The number of benzene rings is 2. The number of hydrazone groups is 1. The van der Waals surface area contributed by atoms with Crippen LogP contribution >= 0.6 is 15.9 Å². The summed E-state index contributed by atoms with van der Waals surface area (Å²) >= 11 is 3.37. The Labute approximate surface area is 142 Å². The molecule has 2 N–H and O–H groups in total. The zero-order valence-electron chi connectivity index (χ0n) is 12.3. The van der Waals surface area contributed by atoms with Crippen LogP contribution in [0.5, 0.6) is 0 Å². The number of nitrogens with zero attached hydrogens (tertiary/aromatic N) is 1. The Morgan fingerprint density at radius 1 is 1.00 bits per heavy atom. The zero-order chi connectivity index (χ0) is 16.5. The second-order valence-electron chi connectivity index (χ2n) is 4.71. The highest BCUT2D eigenvalue weighted by Gasteiger charge is 2.11. The maximum atomic E-state index is 11.6. The first-order chi connectivity index (χ1) is 11.2. The van der Waals surface area contributed by atoms with Crippen molar-refractivity contribution >= 4 is 34.0 Å². The summed E-state index contributed by atoms with van der Waals surface area (Å²) in [5.41, 5.74) is 4.10. The lowest BCUT2D eigenvalue weighted by Crippen LogP contribution is -2.38. The van der Waals surface area contributed by atoms with E-state index < -0.39 is 11.8 Å². The molecule has 0 aliphatic rings. The molecule has 0 aliphatic heterocycles. The molecule has 0 fully saturated rings. The van der Waals surface area contributed by atoms with Crippen LogP contribution in [0.2, 0.25) is 0 Å². The predicted molar refractivity (Wildman–Crippen MR) is 93.0 cm³/mol. The first-order valence-electron chi connectivity index (χ1n) is 7.06. The SMILES string of the molecule is O=C(NCCc1ccccc1)C(=O)N/N=C/c1ccccc1Br. The number of nitrogens with one attached hydrogen (secondary N) is 2. The highest BCUT2D eigenvalue weighted by molar-refractivity contribution is 9.10. The summed E-state index contributed by atoms with van der Waals surface area (Å²) in [6.45, 7) is 0.393. The number of hydrogen-bond donors (Lipinski definition) is 2. The molecule has 0 atom stereocenters. The van der Waals surface area contributed by atoms with Crippen LogP contribution in [0.15, 0.2) is 64.2 Å². The molecule has 0 bridgehead atoms. The van der Waals surface area contributed by atoms with Gasteiger partial charge < -0.3 is 5.32 Å². The Hall–Kier alpha value is -2.47. The first kappa shape index (κ1) is 16.9. The quantitative estimate of drug-likeness (QED) is 0.479. The average molecular weight is 374 g/mol. The normalized spacial score (nSPS) is 10.5. The Kier molecular flexibility index (Phi) is 6.50. The molecule has 0 radical (unpaired) electrons. The van der Waals surface area contributed by atoms with Gasteiger partial charge in [0.2, 0.25) is 0 Å². The minimum atomic E-state index is -0.790. The second kappa shape index (κ2) is 8.85. The summed E-state index contributed by atoms with van der Waals surface area (Å²) < 4.78 is 0.852. The van der Waals surface area contributed by atoms with Gasteiger partial charge in [0, 0.05) is 16.6 Å². The topological polar surface area (TPSA) is 70.6 Å². The lowest BCUT2D eigenvalue weighted by Gasteiger charge is -2.04. The fourth-order valence-electron chi connectivity index (χ4n) is 1.84. The summed E-state index contributed by atoms with van der Waals surface area (Å²) in [5, 5.41) is 6.33. The molecule has 23 heavy (non-hydrogen) atoms. The molecule has 2 aromatic rings. The van der Waals surface area contributed by atoms with Crippen molar-refractivity contribution in [1.29, 1.82) is 0 Å². The van der Waals surface area contributed by atoms with Crippen molar-refractivity contribution in [3.05, 3.63) is 70.2 Å². The van der Waals surface area contributed by atoms with Gasteiger partial charge in [0.15, 0.2) is 0 Å². The largest absolute Gasteiger partial charge is 0.347 e. The predicted octanol–water partition coefficient (Wildman–Crippen LogP) is 2.26. The van der Waals surface area contributed by atoms with E-state index in [0.717, 1.165) is 15.6 Å². The Bertz CT molecular complexity index is 702. The van der Waals surface area contributed by atoms with Crippen molar-refractivity contribution < 1.29 is 9.59 Å². The van der Waals surface area contributed by atoms with Crippen molar-refractivity contribution in [2.75, 3.05) is 6.54 Å². The van der Waals surface area contributed by atoms with Crippen molar-refractivity contribution in [3.8, 4) is 0 Å². The molecule has 6 heteroatoms. The van der Waals surface area contributed by atoms with Crippen LogP contribution in [0.25, 0.3) is 0 Å². The van der Waals surface area contributed by atoms with Crippen molar-refractivity contribution in [2.24, 2.45) is 5.10 Å². The van der Waals surface area contributed by atoms with E-state index in [0.29, 0.717) is 13.0 Å². The maximum Gasteiger partial charge on any atom is 0.329 e. The Morgan fingerprint density at radius 3 is 2.43 bits per heavy atom. The van der Waals surface area contributed by atoms with E-state index in [1.54, 1.807) is 0 Å². The maximum absolute atomic E-state index is 11.6. The molecule has 0 heterocycles. The fraction of sp³-hybridized carbons (Fsp3) is 0.118. The number of halogens is 1. The number of amides is 2. The van der Waals surface area contributed by atoms with Gasteiger partial charge in [-0.1, -0.05) is 64.5 Å². The summed E-state index contributed by atoms with van der Waals surface area (Å²) in [6.07, 6.45) is 2.14. The highest BCUT2D eigenvalue weighted by atomic mass is 79.9. The third-order valence-electron chi connectivity index (χ3n) is 3.02. The van der Waals surface area contributed by atoms with Gasteiger partial charge in [0.1, 0.15) is 0 Å². The Morgan fingerprint density at radius 2 is 1.70 bits per heavy atom. The van der Waals surface area contributed by atoms with E-state index in [-0.39, 0.29) is 0 Å². The van der Waals surface area contributed by atoms with Gasteiger partial charge in [-0.25, -0.2) is 5.43 Å². The highest BCUT2D eigenvalue weighted by Crippen LogP contribution is 2.13. The average Bonchev–Trinajstić information content (AvgIpc) is 2.57. The van der Waals surface area contributed by atoms with Crippen molar-refractivity contribution in [1.82, 2.24) is 10.7 Å². The van der Waals surface area contributed by atoms with Gasteiger partial charge in [0.25, 0.3) is 0 Å². The lowest BCUT2D eigenvalue weighted by molar-refractivity contribution is -0.139. The molecule has 2 rings (SSSR count). The first-order valence-corrected chi connectivity index (χ1v) is 7.86. The fourth-order valence-corrected chi connectivity index (χ4v) is 2.22. The molecular weight excluding hydrogens is 358 g/mol. The standard InChI is InChI=1S/C17H16BrN3O2/c18-15-9-5-4-8-14(15)12-20-21-17(23)16(22)19-11-10-13-6-2-1-3-7-13/h1-9,12H,10-11H2,(H,19,22)(H,21,23)/b20-12+. The van der Waals surface area contributed by atoms with Crippen LogP contribution in [-0.4, -0.2) is 24.6 Å². The van der Waals surface area contributed by atoms with E-state index in [9.17, 15) is 9.59 Å². The van der Waals surface area contributed by atoms with E-state index in [1.165, 1.54) is 6.21 Å². The second-order valence-corrected chi connectivity index (χ2v) is 5.57. The third kappa shape index (κ3) is 5.67. The third-order valence-corrected chi connectivity index (χ3v) is 3.75. The van der Waals surface area contributed by atoms with E-state index >= 15 is 0 Å².